The highest BCUT2D eigenvalue weighted by atomic mass is 16.5. The number of rotatable bonds is 3. The van der Waals surface area contributed by atoms with Crippen LogP contribution in [0.2, 0.25) is 0 Å². The predicted octanol–water partition coefficient (Wildman–Crippen LogP) is 1.35. The lowest BCUT2D eigenvalue weighted by atomic mass is 10.2. The molecule has 3 heteroatoms. The Morgan fingerprint density at radius 3 is 3.08 bits per heavy atom. The van der Waals surface area contributed by atoms with E-state index in [0.29, 0.717) is 18.1 Å². The lowest BCUT2D eigenvalue weighted by molar-refractivity contribution is 0.220. The first-order valence-electron chi connectivity index (χ1n) is 3.84. The molecule has 1 aromatic rings. The van der Waals surface area contributed by atoms with Crippen molar-refractivity contribution in [2.24, 2.45) is 0 Å². The standard InChI is InChI=1S/C9H12NO2/c1-3-12-8-4-5-10-9(6-8)7(2)11/h4-7,11H,2-3H2,1H3/q+1/t7-/m1/s1. The number of nitrogens with zero attached hydrogens (tertiary/aromatic N) is 1. The molecule has 1 atom stereocenters. The summed E-state index contributed by atoms with van der Waals surface area (Å²) >= 11 is 0. The van der Waals surface area contributed by atoms with Gasteiger partial charge in [0.25, 0.3) is 0 Å². The second-order valence-corrected chi connectivity index (χ2v) is 2.37. The van der Waals surface area contributed by atoms with Crippen LogP contribution >= 0.6 is 0 Å². The molecule has 64 valence electrons. The molecular weight excluding hydrogens is 154 g/mol. The molecule has 0 spiro atoms. The monoisotopic (exact) mass is 166 g/mol. The Bertz CT molecular complexity index is 248. The molecule has 0 unspecified atom stereocenters. The molecule has 0 amide bonds. The highest BCUT2D eigenvalue weighted by Gasteiger charge is 2.08. The van der Waals surface area contributed by atoms with Gasteiger partial charge in [0.05, 0.1) is 13.5 Å². The summed E-state index contributed by atoms with van der Waals surface area (Å²) < 4.78 is 5.22. The van der Waals surface area contributed by atoms with Gasteiger partial charge in [0.15, 0.2) is 0 Å². The number of aliphatic hydroxyl groups is 1. The summed E-state index contributed by atoms with van der Waals surface area (Å²) in [6.45, 7) is 5.96. The molecule has 1 aromatic heterocycles. The van der Waals surface area contributed by atoms with Crippen LogP contribution in [0.1, 0.15) is 18.7 Å². The fourth-order valence-corrected chi connectivity index (χ4v) is 0.867. The third kappa shape index (κ3) is 2.13. The van der Waals surface area contributed by atoms with E-state index in [1.807, 2.05) is 6.92 Å². The highest BCUT2D eigenvalue weighted by Crippen LogP contribution is 2.15. The summed E-state index contributed by atoms with van der Waals surface area (Å²) in [5, 5.41) is 9.09. The first-order chi connectivity index (χ1) is 5.74. The minimum atomic E-state index is -0.787. The normalized spacial score (nSPS) is 12.5. The maximum Gasteiger partial charge on any atom is 0.235 e. The second kappa shape index (κ2) is 3.97. The van der Waals surface area contributed by atoms with Crippen LogP contribution in [-0.4, -0.2) is 16.7 Å². The van der Waals surface area contributed by atoms with E-state index in [9.17, 15) is 0 Å². The van der Waals surface area contributed by atoms with Gasteiger partial charge >= 0.3 is 0 Å². The number of hydrogen-bond donors (Lipinski definition) is 1. The van der Waals surface area contributed by atoms with Crippen molar-refractivity contribution in [1.29, 1.82) is 0 Å². The van der Waals surface area contributed by atoms with Crippen molar-refractivity contribution in [2.45, 2.75) is 13.0 Å². The number of pyridine rings is 1. The summed E-state index contributed by atoms with van der Waals surface area (Å²) in [7, 11) is 0. The zero-order valence-electron chi connectivity index (χ0n) is 7.03. The zero-order chi connectivity index (χ0) is 8.97. The van der Waals surface area contributed by atoms with Crippen LogP contribution in [-0.2, 0) is 0 Å². The van der Waals surface area contributed by atoms with Crippen LogP contribution < -0.4 is 4.74 Å². The molecule has 0 aliphatic rings. The van der Waals surface area contributed by atoms with Gasteiger partial charge in [-0.25, -0.2) is 0 Å². The SMILES string of the molecule is [CH2+][C@@H](O)c1cc(OCC)ccn1. The Kier molecular flexibility index (Phi) is 2.94. The Balaban J connectivity index is 2.81. The van der Waals surface area contributed by atoms with Gasteiger partial charge in [-0.2, -0.15) is 0 Å². The van der Waals surface area contributed by atoms with Crippen molar-refractivity contribution in [2.75, 3.05) is 6.61 Å². The average molecular weight is 166 g/mol. The summed E-state index contributed by atoms with van der Waals surface area (Å²) in [4.78, 5) is 3.93. The van der Waals surface area contributed by atoms with Crippen LogP contribution in [0.3, 0.4) is 0 Å². The van der Waals surface area contributed by atoms with Crippen LogP contribution in [0, 0.1) is 6.92 Å². The third-order valence-corrected chi connectivity index (χ3v) is 1.40. The van der Waals surface area contributed by atoms with Gasteiger partial charge in [0.1, 0.15) is 11.4 Å². The molecule has 0 aliphatic heterocycles. The zero-order valence-corrected chi connectivity index (χ0v) is 7.03. The topological polar surface area (TPSA) is 42.4 Å². The minimum Gasteiger partial charge on any atom is -0.494 e. The van der Waals surface area contributed by atoms with Crippen LogP contribution in [0.25, 0.3) is 0 Å². The van der Waals surface area contributed by atoms with E-state index in [1.165, 1.54) is 0 Å². The van der Waals surface area contributed by atoms with Gasteiger partial charge in [0.2, 0.25) is 6.10 Å². The summed E-state index contributed by atoms with van der Waals surface area (Å²) in [5.74, 6) is 0.713. The van der Waals surface area contributed by atoms with E-state index in [0.717, 1.165) is 0 Å². The first-order valence-corrected chi connectivity index (χ1v) is 3.84. The van der Waals surface area contributed by atoms with E-state index in [2.05, 4.69) is 11.9 Å². The molecule has 0 fully saturated rings. The molecule has 0 aromatic carbocycles. The Hall–Kier alpha value is -1.22. The summed E-state index contributed by atoms with van der Waals surface area (Å²) in [6.07, 6.45) is 0.805. The lowest BCUT2D eigenvalue weighted by Gasteiger charge is -2.03. The smallest absolute Gasteiger partial charge is 0.235 e. The Morgan fingerprint density at radius 2 is 2.50 bits per heavy atom. The number of ether oxygens (including phenoxy) is 1. The van der Waals surface area contributed by atoms with Crippen molar-refractivity contribution in [3.8, 4) is 5.75 Å². The number of hydrogen-bond acceptors (Lipinski definition) is 3. The molecule has 0 aliphatic carbocycles. The van der Waals surface area contributed by atoms with Crippen LogP contribution in [0.4, 0.5) is 0 Å². The Morgan fingerprint density at radius 1 is 1.75 bits per heavy atom. The van der Waals surface area contributed by atoms with Crippen LogP contribution in [0.15, 0.2) is 18.3 Å². The molecule has 0 bridgehead atoms. The minimum absolute atomic E-state index is 0.529. The summed E-state index contributed by atoms with van der Waals surface area (Å²) in [5.41, 5.74) is 0.529. The maximum absolute atomic E-state index is 9.09. The molecule has 0 radical (unpaired) electrons. The molecule has 1 heterocycles. The second-order valence-electron chi connectivity index (χ2n) is 2.37. The average Bonchev–Trinajstić information content (AvgIpc) is 2.05. The van der Waals surface area contributed by atoms with Gasteiger partial charge in [-0.15, -0.1) is 0 Å². The van der Waals surface area contributed by atoms with Crippen molar-refractivity contribution in [1.82, 2.24) is 4.98 Å². The van der Waals surface area contributed by atoms with Gasteiger partial charge in [-0.1, -0.05) is 0 Å². The molecule has 1 N–H and O–H groups in total. The quantitative estimate of drug-likeness (QED) is 0.689. The Labute approximate surface area is 72.0 Å². The molecule has 3 nitrogen and oxygen atoms in total. The summed E-state index contributed by atoms with van der Waals surface area (Å²) in [6, 6.07) is 3.43. The van der Waals surface area contributed by atoms with Crippen molar-refractivity contribution >= 4 is 0 Å². The van der Waals surface area contributed by atoms with E-state index in [4.69, 9.17) is 9.84 Å². The largest absolute Gasteiger partial charge is 0.494 e. The lowest BCUT2D eigenvalue weighted by Crippen LogP contribution is -1.97. The van der Waals surface area contributed by atoms with Gasteiger partial charge in [0, 0.05) is 12.3 Å². The fourth-order valence-electron chi connectivity index (χ4n) is 0.867. The maximum atomic E-state index is 9.09. The molecule has 1 rings (SSSR count). The van der Waals surface area contributed by atoms with Crippen molar-refractivity contribution in [3.63, 3.8) is 0 Å². The van der Waals surface area contributed by atoms with Gasteiger partial charge in [-0.05, 0) is 13.0 Å². The van der Waals surface area contributed by atoms with Gasteiger partial charge in [-0.3, -0.25) is 4.98 Å². The highest BCUT2D eigenvalue weighted by molar-refractivity contribution is 5.24. The van der Waals surface area contributed by atoms with Gasteiger partial charge < -0.3 is 9.84 Å². The predicted molar refractivity (Wildman–Crippen MR) is 45.7 cm³/mol. The van der Waals surface area contributed by atoms with Crippen molar-refractivity contribution < 1.29 is 9.84 Å². The van der Waals surface area contributed by atoms with E-state index >= 15 is 0 Å². The van der Waals surface area contributed by atoms with E-state index in [1.54, 1.807) is 18.3 Å². The first kappa shape index (κ1) is 8.87. The molecule has 0 saturated heterocycles. The number of aromatic nitrogens is 1. The fraction of sp³-hybridized carbons (Fsp3) is 0.333. The third-order valence-electron chi connectivity index (χ3n) is 1.40. The molecule has 12 heavy (non-hydrogen) atoms. The van der Waals surface area contributed by atoms with E-state index in [-0.39, 0.29) is 0 Å². The molecule has 0 saturated carbocycles. The molecular formula is C9H12NO2+. The van der Waals surface area contributed by atoms with E-state index < -0.39 is 6.10 Å². The van der Waals surface area contributed by atoms with Crippen molar-refractivity contribution in [3.05, 3.63) is 30.9 Å². The number of aliphatic hydroxyl groups excluding tert-OH is 1. The van der Waals surface area contributed by atoms with Crippen LogP contribution in [0.5, 0.6) is 5.75 Å².